The normalized spacial score (nSPS) is 13.1. The second kappa shape index (κ2) is 12.7. The van der Waals surface area contributed by atoms with E-state index in [0.717, 1.165) is 44.4 Å². The molecule has 2 aromatic heterocycles. The Hall–Kier alpha value is -3.61. The quantitative estimate of drug-likeness (QED) is 0.114. The predicted molar refractivity (Wildman–Crippen MR) is 197 cm³/mol. The van der Waals surface area contributed by atoms with Gasteiger partial charge in [0.1, 0.15) is 22.5 Å². The number of rotatable bonds is 12. The summed E-state index contributed by atoms with van der Waals surface area (Å²) in [6.07, 6.45) is 0. The molecule has 0 radical (unpaired) electrons. The molecule has 0 fully saturated rings. The first kappa shape index (κ1) is 34.3. The van der Waals surface area contributed by atoms with E-state index in [1.54, 1.807) is 14.2 Å². The van der Waals surface area contributed by atoms with Crippen molar-refractivity contribution in [3.05, 3.63) is 72.8 Å². The fourth-order valence-electron chi connectivity index (χ4n) is 5.64. The van der Waals surface area contributed by atoms with Gasteiger partial charge in [-0.25, -0.2) is 9.97 Å². The number of benzene rings is 4. The van der Waals surface area contributed by atoms with Crippen LogP contribution < -0.4 is 8.85 Å². The zero-order valence-electron chi connectivity index (χ0n) is 29.1. The topological polar surface area (TPSA) is 107 Å². The number of oxazole rings is 2. The Balaban J connectivity index is 1.23. The Kier molecular flexibility index (Phi) is 9.05. The van der Waals surface area contributed by atoms with Crippen LogP contribution in [0.15, 0.2) is 81.6 Å². The van der Waals surface area contributed by atoms with E-state index in [-0.39, 0.29) is 0 Å². The highest BCUT2D eigenvalue weighted by Crippen LogP contribution is 2.36. The number of aromatic nitrogens is 2. The third kappa shape index (κ3) is 7.50. The average Bonchev–Trinajstić information content (AvgIpc) is 3.65. The maximum atomic E-state index is 6.26. The lowest BCUT2D eigenvalue weighted by molar-refractivity contribution is 0.280. The third-order valence-corrected chi connectivity index (χ3v) is 19.1. The van der Waals surface area contributed by atoms with Gasteiger partial charge < -0.3 is 34.8 Å². The van der Waals surface area contributed by atoms with Gasteiger partial charge >= 0.3 is 34.2 Å². The first-order valence-corrected chi connectivity index (χ1v) is 27.0. The largest absolute Gasteiger partial charge is 0.521 e. The van der Waals surface area contributed by atoms with E-state index in [9.17, 15) is 0 Å². The number of fused-ring (bicyclic) bond motifs is 5. The lowest BCUT2D eigenvalue weighted by Gasteiger charge is -2.31. The smallest absolute Gasteiger partial charge is 0.383 e. The second-order valence-corrected chi connectivity index (χ2v) is 27.5. The van der Waals surface area contributed by atoms with E-state index in [2.05, 4.69) is 0 Å². The highest BCUT2D eigenvalue weighted by atomic mass is 28.5. The van der Waals surface area contributed by atoms with Crippen LogP contribution in [0.5, 0.6) is 11.5 Å². The SMILES string of the molecule is CO[Si](C)(C)O[Si](C)(C)Oc1ccc(-c2nc3c(ccc4c3ccc3oc(-c5ccc(O[Si](C)(C)O[Si](C)(C)OC)cc5)nc34)o2)cc1. The molecule has 0 saturated carbocycles. The number of nitrogens with zero attached hydrogens (tertiary/aromatic N) is 2. The molecule has 0 atom stereocenters. The molecule has 0 spiro atoms. The van der Waals surface area contributed by atoms with E-state index < -0.39 is 34.2 Å². The van der Waals surface area contributed by atoms with E-state index in [4.69, 9.17) is 44.7 Å². The van der Waals surface area contributed by atoms with Crippen molar-refractivity contribution in [3.63, 3.8) is 0 Å². The molecule has 0 saturated heterocycles. The Labute approximate surface area is 284 Å². The van der Waals surface area contributed by atoms with Crippen LogP contribution in [0.2, 0.25) is 52.4 Å². The fourth-order valence-corrected chi connectivity index (χ4v) is 17.5. The summed E-state index contributed by atoms with van der Waals surface area (Å²) in [5.41, 5.74) is 4.60. The minimum absolute atomic E-state index is 0.526. The molecule has 0 aliphatic heterocycles. The van der Waals surface area contributed by atoms with Gasteiger partial charge in [-0.1, -0.05) is 0 Å². The molecule has 0 amide bonds. The fraction of sp³-hybridized carbons (Fsp3) is 0.294. The van der Waals surface area contributed by atoms with Gasteiger partial charge in [0.2, 0.25) is 11.8 Å². The molecule has 2 heterocycles. The van der Waals surface area contributed by atoms with Crippen molar-refractivity contribution in [2.45, 2.75) is 52.4 Å². The average molecular weight is 719 g/mol. The second-order valence-electron chi connectivity index (χ2n) is 13.4. The van der Waals surface area contributed by atoms with Crippen LogP contribution in [0.4, 0.5) is 0 Å². The van der Waals surface area contributed by atoms with Gasteiger partial charge in [-0.15, -0.1) is 0 Å². The van der Waals surface area contributed by atoms with Gasteiger partial charge in [-0.05, 0) is 125 Å². The third-order valence-electron chi connectivity index (χ3n) is 7.81. The number of hydrogen-bond donors (Lipinski definition) is 0. The van der Waals surface area contributed by atoms with Crippen molar-refractivity contribution in [3.8, 4) is 34.4 Å². The van der Waals surface area contributed by atoms with Gasteiger partial charge in [0, 0.05) is 36.1 Å². The molecule has 14 heteroatoms. The van der Waals surface area contributed by atoms with Crippen LogP contribution >= 0.6 is 0 Å². The van der Waals surface area contributed by atoms with Gasteiger partial charge in [0.05, 0.1) is 0 Å². The van der Waals surface area contributed by atoms with Crippen LogP contribution in [-0.4, -0.2) is 58.4 Å². The highest BCUT2D eigenvalue weighted by Gasteiger charge is 2.38. The molecule has 0 bridgehead atoms. The molecular weight excluding hydrogens is 677 g/mol. The summed E-state index contributed by atoms with van der Waals surface area (Å²) >= 11 is 0. The molecule has 48 heavy (non-hydrogen) atoms. The summed E-state index contributed by atoms with van der Waals surface area (Å²) < 4.78 is 48.5. The predicted octanol–water partition coefficient (Wildman–Crippen LogP) is 9.35. The van der Waals surface area contributed by atoms with Crippen LogP contribution in [0.25, 0.3) is 55.9 Å². The van der Waals surface area contributed by atoms with Crippen LogP contribution in [0, 0.1) is 0 Å². The molecule has 6 aromatic rings. The maximum absolute atomic E-state index is 6.26. The Morgan fingerprint density at radius 1 is 0.458 bits per heavy atom. The van der Waals surface area contributed by atoms with Gasteiger partial charge in [-0.2, -0.15) is 0 Å². The van der Waals surface area contributed by atoms with Crippen molar-refractivity contribution in [1.29, 1.82) is 0 Å². The zero-order chi connectivity index (χ0) is 34.5. The Morgan fingerprint density at radius 3 is 1.15 bits per heavy atom. The first-order valence-electron chi connectivity index (χ1n) is 15.8. The van der Waals surface area contributed by atoms with Crippen molar-refractivity contribution in [1.82, 2.24) is 9.97 Å². The summed E-state index contributed by atoms with van der Waals surface area (Å²) in [6.45, 7) is 16.1. The van der Waals surface area contributed by atoms with Crippen LogP contribution in [0.3, 0.4) is 0 Å². The van der Waals surface area contributed by atoms with Crippen molar-refractivity contribution < 1.29 is 34.8 Å². The number of hydrogen-bond acceptors (Lipinski definition) is 10. The van der Waals surface area contributed by atoms with E-state index >= 15 is 0 Å². The van der Waals surface area contributed by atoms with Crippen LogP contribution in [-0.2, 0) is 17.1 Å². The van der Waals surface area contributed by atoms with Crippen LogP contribution in [0.1, 0.15) is 0 Å². The molecule has 0 aliphatic carbocycles. The summed E-state index contributed by atoms with van der Waals surface area (Å²) in [5, 5.41) is 1.87. The molecule has 4 aromatic carbocycles. The van der Waals surface area contributed by atoms with Crippen molar-refractivity contribution >= 4 is 67.2 Å². The molecule has 0 N–H and O–H groups in total. The van der Waals surface area contributed by atoms with E-state index in [1.807, 2.05) is 125 Å². The highest BCUT2D eigenvalue weighted by molar-refractivity contribution is 6.79. The molecule has 0 unspecified atom stereocenters. The minimum Gasteiger partial charge on any atom is -0.521 e. The minimum atomic E-state index is -2.44. The van der Waals surface area contributed by atoms with E-state index in [0.29, 0.717) is 22.9 Å². The molecule has 0 aliphatic rings. The molecule has 10 nitrogen and oxygen atoms in total. The first-order chi connectivity index (χ1) is 22.6. The summed E-state index contributed by atoms with van der Waals surface area (Å²) in [5.74, 6) is 2.52. The summed E-state index contributed by atoms with van der Waals surface area (Å²) in [7, 11) is -5.98. The maximum Gasteiger partial charge on any atom is 0.383 e. The summed E-state index contributed by atoms with van der Waals surface area (Å²) in [6, 6.07) is 23.3. The van der Waals surface area contributed by atoms with E-state index in [1.165, 1.54) is 0 Å². The molecule has 6 rings (SSSR count). The Morgan fingerprint density at radius 2 is 0.812 bits per heavy atom. The lowest BCUT2D eigenvalue weighted by Crippen LogP contribution is -2.49. The summed E-state index contributed by atoms with van der Waals surface area (Å²) in [4.78, 5) is 9.79. The zero-order valence-corrected chi connectivity index (χ0v) is 33.1. The van der Waals surface area contributed by atoms with Gasteiger partial charge in [0.15, 0.2) is 11.2 Å². The monoisotopic (exact) mass is 718 g/mol. The molecule has 252 valence electrons. The van der Waals surface area contributed by atoms with Crippen molar-refractivity contribution in [2.75, 3.05) is 14.2 Å². The van der Waals surface area contributed by atoms with Gasteiger partial charge in [-0.3, -0.25) is 0 Å². The lowest BCUT2D eigenvalue weighted by atomic mass is 10.1. The van der Waals surface area contributed by atoms with Gasteiger partial charge in [0.25, 0.3) is 0 Å². The van der Waals surface area contributed by atoms with Crippen molar-refractivity contribution in [2.24, 2.45) is 0 Å². The molecular formula is C34H42N2O8Si4. The Bertz CT molecular complexity index is 1920. The standard InChI is InChI=1S/C34H42N2O8Si4/c1-37-45(3,4)43-47(7,8)41-25-15-11-23(12-16-25)33-35-31-27-20-22-30-32(28(27)19-21-29(31)39-33)36-34(40-30)24-13-17-26(18-14-24)42-48(9,10)44-46(5,6)38-2/h11-22H,1-10H3.